The molecule has 0 fully saturated rings. The van der Waals surface area contributed by atoms with Crippen LogP contribution < -0.4 is 14.8 Å². The second-order valence-corrected chi connectivity index (χ2v) is 7.61. The molecule has 2 aromatic rings. The van der Waals surface area contributed by atoms with E-state index in [-0.39, 0.29) is 18.1 Å². The van der Waals surface area contributed by atoms with E-state index in [1.807, 2.05) is 56.5 Å². The molecule has 7 nitrogen and oxygen atoms in total. The molecule has 8 heteroatoms. The third kappa shape index (κ3) is 5.66. The summed E-state index contributed by atoms with van der Waals surface area (Å²) in [6.45, 7) is 8.85. The third-order valence-electron chi connectivity index (χ3n) is 3.38. The highest BCUT2D eigenvalue weighted by Gasteiger charge is 2.17. The van der Waals surface area contributed by atoms with Crippen LogP contribution in [0.2, 0.25) is 0 Å². The van der Waals surface area contributed by atoms with Gasteiger partial charge in [-0.2, -0.15) is 0 Å². The number of para-hydroxylation sites is 2. The molecule has 0 unspecified atom stereocenters. The fourth-order valence-electron chi connectivity index (χ4n) is 2.31. The number of hydrogen-bond acceptors (Lipinski definition) is 6. The van der Waals surface area contributed by atoms with Gasteiger partial charge in [0.15, 0.2) is 22.5 Å². The van der Waals surface area contributed by atoms with Gasteiger partial charge >= 0.3 is 0 Å². The zero-order valence-electron chi connectivity index (χ0n) is 15.9. The standard InChI is InChI=1S/C18H26N4O3S/c1-6-22-15(11-25-14-10-8-7-9-13(14)24-5)20-21-17(22)26-12-16(23)19-18(2,3)4/h7-10H,6,11-12H2,1-5H3,(H,19,23). The summed E-state index contributed by atoms with van der Waals surface area (Å²) in [4.78, 5) is 12.0. The molecule has 0 aliphatic carbocycles. The Morgan fingerprint density at radius 1 is 1.23 bits per heavy atom. The van der Waals surface area contributed by atoms with E-state index >= 15 is 0 Å². The van der Waals surface area contributed by atoms with Gasteiger partial charge < -0.3 is 19.4 Å². The highest BCUT2D eigenvalue weighted by molar-refractivity contribution is 7.99. The number of benzene rings is 1. The van der Waals surface area contributed by atoms with E-state index in [1.54, 1.807) is 7.11 Å². The molecule has 2 rings (SSSR count). The Labute approximate surface area is 158 Å². The van der Waals surface area contributed by atoms with Crippen LogP contribution in [0.15, 0.2) is 29.4 Å². The first-order valence-corrected chi connectivity index (χ1v) is 9.44. The largest absolute Gasteiger partial charge is 0.493 e. The summed E-state index contributed by atoms with van der Waals surface area (Å²) in [5.74, 6) is 2.29. The molecule has 0 aliphatic rings. The van der Waals surface area contributed by atoms with E-state index in [1.165, 1.54) is 11.8 Å². The van der Waals surface area contributed by atoms with Gasteiger partial charge in [-0.25, -0.2) is 0 Å². The lowest BCUT2D eigenvalue weighted by Gasteiger charge is -2.20. The molecule has 0 saturated heterocycles. The molecule has 1 aromatic carbocycles. The molecule has 26 heavy (non-hydrogen) atoms. The van der Waals surface area contributed by atoms with Crippen molar-refractivity contribution < 1.29 is 14.3 Å². The Hall–Kier alpha value is -2.22. The van der Waals surface area contributed by atoms with Crippen LogP contribution in [0.1, 0.15) is 33.5 Å². The fourth-order valence-corrected chi connectivity index (χ4v) is 3.14. The highest BCUT2D eigenvalue weighted by atomic mass is 32.2. The third-order valence-corrected chi connectivity index (χ3v) is 4.35. The van der Waals surface area contributed by atoms with Gasteiger partial charge in [-0.05, 0) is 39.8 Å². The van der Waals surface area contributed by atoms with E-state index in [2.05, 4.69) is 15.5 Å². The lowest BCUT2D eigenvalue weighted by Crippen LogP contribution is -2.41. The Morgan fingerprint density at radius 3 is 2.54 bits per heavy atom. The maximum atomic E-state index is 12.0. The number of hydrogen-bond donors (Lipinski definition) is 1. The molecule has 1 aromatic heterocycles. The van der Waals surface area contributed by atoms with E-state index < -0.39 is 0 Å². The predicted molar refractivity (Wildman–Crippen MR) is 102 cm³/mol. The number of amides is 1. The molecule has 1 amide bonds. The number of nitrogens with one attached hydrogen (secondary N) is 1. The molecular weight excluding hydrogens is 352 g/mol. The van der Waals surface area contributed by atoms with Crippen molar-refractivity contribution in [2.45, 2.75) is 51.5 Å². The Morgan fingerprint density at radius 2 is 1.92 bits per heavy atom. The van der Waals surface area contributed by atoms with Crippen LogP contribution >= 0.6 is 11.8 Å². The number of carbonyl (C=O) groups excluding carboxylic acids is 1. The first kappa shape index (κ1) is 20.1. The van der Waals surface area contributed by atoms with Crippen molar-refractivity contribution in [1.29, 1.82) is 0 Å². The van der Waals surface area contributed by atoms with E-state index in [0.717, 1.165) is 0 Å². The van der Waals surface area contributed by atoms with Gasteiger partial charge in [0.1, 0.15) is 6.61 Å². The van der Waals surface area contributed by atoms with E-state index in [4.69, 9.17) is 9.47 Å². The quantitative estimate of drug-likeness (QED) is 0.712. The van der Waals surface area contributed by atoms with Crippen molar-refractivity contribution in [2.75, 3.05) is 12.9 Å². The lowest BCUT2D eigenvalue weighted by atomic mass is 10.1. The molecule has 0 radical (unpaired) electrons. The summed E-state index contributed by atoms with van der Waals surface area (Å²) in [6.07, 6.45) is 0. The topological polar surface area (TPSA) is 78.3 Å². The lowest BCUT2D eigenvalue weighted by molar-refractivity contribution is -0.119. The second kappa shape index (κ2) is 8.93. The molecule has 0 saturated carbocycles. The van der Waals surface area contributed by atoms with Gasteiger partial charge in [0, 0.05) is 12.1 Å². The number of ether oxygens (including phenoxy) is 2. The zero-order valence-corrected chi connectivity index (χ0v) is 16.7. The summed E-state index contributed by atoms with van der Waals surface area (Å²) in [7, 11) is 1.61. The van der Waals surface area contributed by atoms with Crippen LogP contribution in [-0.2, 0) is 17.9 Å². The zero-order chi connectivity index (χ0) is 19.2. The molecule has 0 atom stereocenters. The first-order chi connectivity index (χ1) is 12.3. The van der Waals surface area contributed by atoms with E-state index in [0.29, 0.717) is 34.8 Å². The van der Waals surface area contributed by atoms with Gasteiger partial charge in [-0.15, -0.1) is 10.2 Å². The smallest absolute Gasteiger partial charge is 0.230 e. The van der Waals surface area contributed by atoms with Gasteiger partial charge in [-0.3, -0.25) is 4.79 Å². The molecule has 1 heterocycles. The van der Waals surface area contributed by atoms with Crippen molar-refractivity contribution in [3.8, 4) is 11.5 Å². The summed E-state index contributed by atoms with van der Waals surface area (Å²) in [6, 6.07) is 7.46. The maximum Gasteiger partial charge on any atom is 0.230 e. The van der Waals surface area contributed by atoms with Gasteiger partial charge in [0.05, 0.1) is 12.9 Å². The number of nitrogens with zero attached hydrogens (tertiary/aromatic N) is 3. The minimum absolute atomic E-state index is 0.0278. The van der Waals surface area contributed by atoms with Crippen LogP contribution in [0.3, 0.4) is 0 Å². The van der Waals surface area contributed by atoms with Gasteiger partial charge in [-0.1, -0.05) is 23.9 Å². The van der Waals surface area contributed by atoms with Crippen LogP contribution in [0, 0.1) is 0 Å². The maximum absolute atomic E-state index is 12.0. The van der Waals surface area contributed by atoms with E-state index in [9.17, 15) is 4.79 Å². The van der Waals surface area contributed by atoms with Crippen LogP contribution in [0.5, 0.6) is 11.5 Å². The van der Waals surface area contributed by atoms with Gasteiger partial charge in [0.2, 0.25) is 5.91 Å². The number of carbonyl (C=O) groups is 1. The average Bonchev–Trinajstić information content (AvgIpc) is 2.98. The summed E-state index contributed by atoms with van der Waals surface area (Å²) >= 11 is 1.37. The van der Waals surface area contributed by atoms with Crippen LogP contribution in [-0.4, -0.2) is 39.1 Å². The molecule has 0 bridgehead atoms. The Kier molecular flexibility index (Phi) is 6.90. The normalized spacial score (nSPS) is 11.3. The van der Waals surface area contributed by atoms with Crippen molar-refractivity contribution in [2.24, 2.45) is 0 Å². The number of rotatable bonds is 8. The molecule has 142 valence electrons. The van der Waals surface area contributed by atoms with Crippen LogP contribution in [0.25, 0.3) is 0 Å². The first-order valence-electron chi connectivity index (χ1n) is 8.45. The van der Waals surface area contributed by atoms with Crippen LogP contribution in [0.4, 0.5) is 0 Å². The molecule has 0 aliphatic heterocycles. The minimum Gasteiger partial charge on any atom is -0.493 e. The molecule has 1 N–H and O–H groups in total. The summed E-state index contributed by atoms with van der Waals surface area (Å²) in [5.41, 5.74) is -0.246. The SMILES string of the molecule is CCn1c(COc2ccccc2OC)nnc1SCC(=O)NC(C)(C)C. The average molecular weight is 378 g/mol. The summed E-state index contributed by atoms with van der Waals surface area (Å²) in [5, 5.41) is 12.0. The van der Waals surface area contributed by atoms with Crippen molar-refractivity contribution >= 4 is 17.7 Å². The Balaban J connectivity index is 2.00. The minimum atomic E-state index is -0.246. The predicted octanol–water partition coefficient (Wildman–Crippen LogP) is 2.89. The number of thioether (sulfide) groups is 1. The monoisotopic (exact) mass is 378 g/mol. The van der Waals surface area contributed by atoms with Crippen molar-refractivity contribution in [3.05, 3.63) is 30.1 Å². The Bertz CT molecular complexity index is 740. The van der Waals surface area contributed by atoms with Crippen molar-refractivity contribution in [3.63, 3.8) is 0 Å². The van der Waals surface area contributed by atoms with Gasteiger partial charge in [0.25, 0.3) is 0 Å². The highest BCUT2D eigenvalue weighted by Crippen LogP contribution is 2.27. The number of aromatic nitrogens is 3. The summed E-state index contributed by atoms with van der Waals surface area (Å²) < 4.78 is 13.1. The second-order valence-electron chi connectivity index (χ2n) is 6.67. The number of methoxy groups -OCH3 is 1. The fraction of sp³-hybridized carbons (Fsp3) is 0.500. The van der Waals surface area contributed by atoms with Crippen molar-refractivity contribution in [1.82, 2.24) is 20.1 Å². The molecule has 0 spiro atoms. The molecular formula is C18H26N4O3S.